The Kier molecular flexibility index (Phi) is 2.53. The highest BCUT2D eigenvalue weighted by molar-refractivity contribution is 6.28. The lowest BCUT2D eigenvalue weighted by atomic mass is 9.88. The van der Waals surface area contributed by atoms with Crippen molar-refractivity contribution in [2.24, 2.45) is 5.41 Å². The molecule has 0 N–H and O–H groups in total. The van der Waals surface area contributed by atoms with Crippen LogP contribution < -0.4 is 0 Å². The number of rotatable bonds is 2. The van der Waals surface area contributed by atoms with Gasteiger partial charge in [-0.25, -0.2) is 0 Å². The standard InChI is InChI=1S/C11H18ClN3/c1-7(11(2,3)4)15-9(8-5-6-8)13-14-10(15)12/h7-8H,5-6H2,1-4H3. The van der Waals surface area contributed by atoms with Crippen molar-refractivity contribution in [3.8, 4) is 0 Å². The van der Waals surface area contributed by atoms with Gasteiger partial charge < -0.3 is 0 Å². The first-order valence-corrected chi connectivity index (χ1v) is 5.89. The predicted molar refractivity (Wildman–Crippen MR) is 61.2 cm³/mol. The van der Waals surface area contributed by atoms with E-state index in [0.29, 0.717) is 17.2 Å². The molecule has 0 saturated heterocycles. The summed E-state index contributed by atoms with van der Waals surface area (Å²) in [7, 11) is 0. The van der Waals surface area contributed by atoms with Crippen molar-refractivity contribution >= 4 is 11.6 Å². The molecule has 1 aromatic rings. The van der Waals surface area contributed by atoms with Crippen LogP contribution >= 0.6 is 11.6 Å². The van der Waals surface area contributed by atoms with Crippen LogP contribution in [-0.4, -0.2) is 14.8 Å². The van der Waals surface area contributed by atoms with Gasteiger partial charge in [-0.05, 0) is 36.8 Å². The van der Waals surface area contributed by atoms with Gasteiger partial charge in [-0.2, -0.15) is 0 Å². The molecule has 1 fully saturated rings. The van der Waals surface area contributed by atoms with Crippen molar-refractivity contribution in [2.45, 2.75) is 52.5 Å². The van der Waals surface area contributed by atoms with E-state index in [1.165, 1.54) is 12.8 Å². The van der Waals surface area contributed by atoms with Crippen LogP contribution in [0.25, 0.3) is 0 Å². The van der Waals surface area contributed by atoms with Gasteiger partial charge in [-0.15, -0.1) is 10.2 Å². The highest BCUT2D eigenvalue weighted by Gasteiger charge is 2.34. The Labute approximate surface area is 95.8 Å². The van der Waals surface area contributed by atoms with E-state index in [9.17, 15) is 0 Å². The van der Waals surface area contributed by atoms with Crippen LogP contribution in [0.15, 0.2) is 0 Å². The van der Waals surface area contributed by atoms with Crippen LogP contribution in [0.2, 0.25) is 5.28 Å². The molecular formula is C11H18ClN3. The highest BCUT2D eigenvalue weighted by atomic mass is 35.5. The van der Waals surface area contributed by atoms with E-state index in [4.69, 9.17) is 11.6 Å². The monoisotopic (exact) mass is 227 g/mol. The third kappa shape index (κ3) is 2.03. The van der Waals surface area contributed by atoms with Crippen molar-refractivity contribution in [1.82, 2.24) is 14.8 Å². The zero-order valence-electron chi connectivity index (χ0n) is 9.79. The minimum Gasteiger partial charge on any atom is -0.298 e. The fourth-order valence-electron chi connectivity index (χ4n) is 1.65. The molecule has 2 rings (SSSR count). The quantitative estimate of drug-likeness (QED) is 0.775. The van der Waals surface area contributed by atoms with Gasteiger partial charge in [0.2, 0.25) is 5.28 Å². The van der Waals surface area contributed by atoms with Crippen LogP contribution in [-0.2, 0) is 0 Å². The molecule has 1 saturated carbocycles. The Balaban J connectivity index is 2.37. The molecule has 0 amide bonds. The summed E-state index contributed by atoms with van der Waals surface area (Å²) in [5.41, 5.74) is 0.176. The Hall–Kier alpha value is -0.570. The topological polar surface area (TPSA) is 30.7 Å². The van der Waals surface area contributed by atoms with E-state index in [1.807, 2.05) is 0 Å². The number of hydrogen-bond acceptors (Lipinski definition) is 2. The van der Waals surface area contributed by atoms with Gasteiger partial charge in [0, 0.05) is 12.0 Å². The van der Waals surface area contributed by atoms with E-state index in [-0.39, 0.29) is 5.41 Å². The predicted octanol–water partition coefficient (Wildman–Crippen LogP) is 3.42. The molecule has 1 aromatic heterocycles. The first-order valence-electron chi connectivity index (χ1n) is 5.51. The van der Waals surface area contributed by atoms with Crippen molar-refractivity contribution in [1.29, 1.82) is 0 Å². The highest BCUT2D eigenvalue weighted by Crippen LogP contribution is 2.43. The molecule has 0 bridgehead atoms. The molecule has 1 aliphatic carbocycles. The molecule has 1 unspecified atom stereocenters. The van der Waals surface area contributed by atoms with E-state index >= 15 is 0 Å². The van der Waals surface area contributed by atoms with E-state index in [2.05, 4.69) is 42.5 Å². The molecule has 1 aliphatic rings. The summed E-state index contributed by atoms with van der Waals surface area (Å²) < 4.78 is 2.10. The Morgan fingerprint density at radius 1 is 1.33 bits per heavy atom. The first-order chi connectivity index (χ1) is 6.91. The molecule has 0 radical (unpaired) electrons. The summed E-state index contributed by atoms with van der Waals surface area (Å²) in [5, 5.41) is 8.71. The molecule has 15 heavy (non-hydrogen) atoms. The summed E-state index contributed by atoms with van der Waals surface area (Å²) in [6.07, 6.45) is 2.46. The number of aromatic nitrogens is 3. The second kappa shape index (κ2) is 3.48. The van der Waals surface area contributed by atoms with Gasteiger partial charge in [-0.3, -0.25) is 4.57 Å². The van der Waals surface area contributed by atoms with Crippen LogP contribution in [0.3, 0.4) is 0 Å². The van der Waals surface area contributed by atoms with Gasteiger partial charge in [0.1, 0.15) is 5.82 Å². The van der Waals surface area contributed by atoms with Crippen molar-refractivity contribution in [3.05, 3.63) is 11.1 Å². The molecule has 4 heteroatoms. The first kappa shape index (κ1) is 10.9. The fourth-order valence-corrected chi connectivity index (χ4v) is 1.92. The summed E-state index contributed by atoms with van der Waals surface area (Å²) in [6, 6.07) is 0.329. The van der Waals surface area contributed by atoms with Crippen LogP contribution in [0, 0.1) is 5.41 Å². The maximum atomic E-state index is 6.11. The van der Waals surface area contributed by atoms with E-state index < -0.39 is 0 Å². The van der Waals surface area contributed by atoms with Crippen molar-refractivity contribution in [2.75, 3.05) is 0 Å². The van der Waals surface area contributed by atoms with E-state index in [0.717, 1.165) is 5.82 Å². The average Bonchev–Trinajstić information content (AvgIpc) is 2.88. The van der Waals surface area contributed by atoms with Crippen LogP contribution in [0.1, 0.15) is 58.3 Å². The van der Waals surface area contributed by atoms with Crippen LogP contribution in [0.5, 0.6) is 0 Å². The van der Waals surface area contributed by atoms with Crippen LogP contribution in [0.4, 0.5) is 0 Å². The Morgan fingerprint density at radius 2 is 1.93 bits per heavy atom. The third-order valence-electron chi connectivity index (χ3n) is 3.26. The SMILES string of the molecule is CC(n1c(Cl)nnc1C1CC1)C(C)(C)C. The van der Waals surface area contributed by atoms with Gasteiger partial charge in [0.15, 0.2) is 0 Å². The molecule has 0 aliphatic heterocycles. The van der Waals surface area contributed by atoms with Crippen molar-refractivity contribution in [3.63, 3.8) is 0 Å². The Bertz CT molecular complexity index is 360. The lowest BCUT2D eigenvalue weighted by molar-refractivity contribution is 0.257. The lowest BCUT2D eigenvalue weighted by Crippen LogP contribution is -2.23. The minimum atomic E-state index is 0.176. The van der Waals surface area contributed by atoms with E-state index in [1.54, 1.807) is 0 Å². The smallest absolute Gasteiger partial charge is 0.225 e. The fraction of sp³-hybridized carbons (Fsp3) is 0.818. The molecule has 1 heterocycles. The minimum absolute atomic E-state index is 0.176. The number of hydrogen-bond donors (Lipinski definition) is 0. The van der Waals surface area contributed by atoms with Crippen molar-refractivity contribution < 1.29 is 0 Å². The molecule has 0 aromatic carbocycles. The zero-order chi connectivity index (χ0) is 11.2. The molecule has 1 atom stereocenters. The lowest BCUT2D eigenvalue weighted by Gasteiger charge is -2.29. The number of nitrogens with zero attached hydrogens (tertiary/aromatic N) is 3. The maximum absolute atomic E-state index is 6.11. The van der Waals surface area contributed by atoms with Gasteiger partial charge >= 0.3 is 0 Å². The number of halogens is 1. The second-order valence-corrected chi connectivity index (χ2v) is 5.85. The molecule has 3 nitrogen and oxygen atoms in total. The van der Waals surface area contributed by atoms with Gasteiger partial charge in [-0.1, -0.05) is 20.8 Å². The van der Waals surface area contributed by atoms with Gasteiger partial charge in [0.25, 0.3) is 0 Å². The summed E-state index contributed by atoms with van der Waals surface area (Å²) in [5.74, 6) is 1.66. The third-order valence-corrected chi connectivity index (χ3v) is 3.52. The molecule has 84 valence electrons. The Morgan fingerprint density at radius 3 is 2.40 bits per heavy atom. The largest absolute Gasteiger partial charge is 0.298 e. The summed E-state index contributed by atoms with van der Waals surface area (Å²) in [4.78, 5) is 0. The normalized spacial score (nSPS) is 19.3. The summed E-state index contributed by atoms with van der Waals surface area (Å²) >= 11 is 6.11. The second-order valence-electron chi connectivity index (χ2n) is 5.51. The molecular weight excluding hydrogens is 210 g/mol. The zero-order valence-corrected chi connectivity index (χ0v) is 10.5. The maximum Gasteiger partial charge on any atom is 0.225 e. The molecule has 0 spiro atoms. The summed E-state index contributed by atoms with van der Waals surface area (Å²) in [6.45, 7) is 8.82. The van der Waals surface area contributed by atoms with Gasteiger partial charge in [0.05, 0.1) is 0 Å². The average molecular weight is 228 g/mol.